The third-order valence-corrected chi connectivity index (χ3v) is 4.05. The molecule has 1 heterocycles. The molecular weight excluding hydrogens is 298 g/mol. The maximum Gasteiger partial charge on any atom is 0.365 e. The summed E-state index contributed by atoms with van der Waals surface area (Å²) in [5, 5.41) is 5.00. The molecule has 3 N–H and O–H groups in total. The van der Waals surface area contributed by atoms with Crippen LogP contribution in [0.3, 0.4) is 0 Å². The van der Waals surface area contributed by atoms with Gasteiger partial charge in [-0.1, -0.05) is 24.3 Å². The van der Waals surface area contributed by atoms with E-state index in [2.05, 4.69) is 10.6 Å². The minimum atomic E-state index is -0.416. The van der Waals surface area contributed by atoms with Crippen LogP contribution in [0.4, 0.5) is 0 Å². The molecule has 2 rings (SSSR count). The number of hydrogen-bond donors (Lipinski definition) is 3. The Hall–Kier alpha value is -2.41. The second kappa shape index (κ2) is 7.73. The quantitative estimate of drug-likeness (QED) is 0.549. The molecule has 7 nitrogen and oxygen atoms in total. The van der Waals surface area contributed by atoms with E-state index in [-0.39, 0.29) is 30.9 Å². The first-order valence-electron chi connectivity index (χ1n) is 7.51. The second-order valence-corrected chi connectivity index (χ2v) is 5.51. The number of nitrogens with one attached hydrogen (secondary N) is 3. The molecule has 1 aliphatic rings. The Balaban J connectivity index is 2.06. The molecule has 0 saturated heterocycles. The normalized spacial score (nSPS) is 19.4. The lowest BCUT2D eigenvalue weighted by molar-refractivity contribution is -0.924. The van der Waals surface area contributed by atoms with Crippen LogP contribution >= 0.6 is 0 Å². The molecule has 0 bridgehead atoms. The third kappa shape index (κ3) is 4.29. The van der Waals surface area contributed by atoms with Gasteiger partial charge >= 0.3 is 5.97 Å². The number of amides is 2. The number of esters is 1. The van der Waals surface area contributed by atoms with E-state index in [1.54, 1.807) is 0 Å². The monoisotopic (exact) mass is 320 g/mol. The van der Waals surface area contributed by atoms with Crippen molar-refractivity contribution in [1.29, 1.82) is 0 Å². The van der Waals surface area contributed by atoms with Crippen molar-refractivity contribution in [3.63, 3.8) is 0 Å². The number of methoxy groups -OCH3 is 1. The molecule has 0 aromatic heterocycles. The van der Waals surface area contributed by atoms with E-state index < -0.39 is 6.04 Å². The van der Waals surface area contributed by atoms with Crippen LogP contribution in [0.1, 0.15) is 11.1 Å². The first-order chi connectivity index (χ1) is 11.0. The Bertz CT molecular complexity index is 603. The largest absolute Gasteiger partial charge is 0.465 e. The summed E-state index contributed by atoms with van der Waals surface area (Å²) in [4.78, 5) is 36.1. The van der Waals surface area contributed by atoms with Crippen molar-refractivity contribution >= 4 is 17.8 Å². The van der Waals surface area contributed by atoms with Gasteiger partial charge in [-0.15, -0.1) is 0 Å². The number of quaternary nitrogens is 1. The van der Waals surface area contributed by atoms with Crippen LogP contribution in [-0.2, 0) is 32.1 Å². The minimum absolute atomic E-state index is 0.0674. The lowest BCUT2D eigenvalue weighted by atomic mass is 9.94. The van der Waals surface area contributed by atoms with E-state index in [1.807, 2.05) is 24.3 Å². The molecule has 1 aromatic rings. The minimum Gasteiger partial charge on any atom is -0.465 e. The van der Waals surface area contributed by atoms with Crippen LogP contribution in [-0.4, -0.2) is 51.1 Å². The van der Waals surface area contributed by atoms with Gasteiger partial charge in [-0.2, -0.15) is 0 Å². The SMILES string of the molecule is CNC(=O)CNC(=O)C[NH+]1Cc2ccccc2C[C@@H]1C(=O)OC. The predicted octanol–water partition coefficient (Wildman–Crippen LogP) is -1.97. The van der Waals surface area contributed by atoms with Gasteiger partial charge in [-0.05, 0) is 5.56 Å². The summed E-state index contributed by atoms with van der Waals surface area (Å²) in [6.07, 6.45) is 0.543. The molecule has 1 aliphatic heterocycles. The average molecular weight is 320 g/mol. The van der Waals surface area contributed by atoms with Crippen LogP contribution in [0.25, 0.3) is 0 Å². The zero-order chi connectivity index (χ0) is 16.8. The number of rotatable bonds is 5. The van der Waals surface area contributed by atoms with Crippen LogP contribution in [0.2, 0.25) is 0 Å². The number of ether oxygens (including phenoxy) is 1. The Morgan fingerprint density at radius 2 is 1.91 bits per heavy atom. The number of hydrogen-bond acceptors (Lipinski definition) is 4. The van der Waals surface area contributed by atoms with Crippen molar-refractivity contribution in [1.82, 2.24) is 10.6 Å². The molecule has 124 valence electrons. The van der Waals surface area contributed by atoms with Gasteiger partial charge in [-0.3, -0.25) is 9.59 Å². The van der Waals surface area contributed by atoms with Crippen molar-refractivity contribution < 1.29 is 24.0 Å². The number of carbonyl (C=O) groups is 3. The van der Waals surface area contributed by atoms with Crippen LogP contribution in [0.15, 0.2) is 24.3 Å². The Kier molecular flexibility index (Phi) is 5.70. The molecule has 2 amide bonds. The molecule has 7 heteroatoms. The topological polar surface area (TPSA) is 88.9 Å². The first kappa shape index (κ1) is 17.0. The molecule has 0 fully saturated rings. The summed E-state index contributed by atoms with van der Waals surface area (Å²) in [6.45, 7) is 0.622. The van der Waals surface area contributed by atoms with Gasteiger partial charge in [0.05, 0.1) is 13.7 Å². The van der Waals surface area contributed by atoms with Crippen LogP contribution in [0.5, 0.6) is 0 Å². The zero-order valence-electron chi connectivity index (χ0n) is 13.3. The van der Waals surface area contributed by atoms with Gasteiger partial charge in [0, 0.05) is 19.0 Å². The molecular formula is C16H22N3O4+. The highest BCUT2D eigenvalue weighted by molar-refractivity contribution is 5.85. The number of fused-ring (bicyclic) bond motifs is 1. The fourth-order valence-corrected chi connectivity index (χ4v) is 2.78. The van der Waals surface area contributed by atoms with Gasteiger partial charge in [-0.25, -0.2) is 4.79 Å². The molecule has 0 spiro atoms. The Morgan fingerprint density at radius 3 is 2.57 bits per heavy atom. The maximum absolute atomic E-state index is 12.0. The van der Waals surface area contributed by atoms with E-state index in [9.17, 15) is 14.4 Å². The average Bonchev–Trinajstić information content (AvgIpc) is 2.58. The lowest BCUT2D eigenvalue weighted by Crippen LogP contribution is -3.17. The predicted molar refractivity (Wildman–Crippen MR) is 82.6 cm³/mol. The van der Waals surface area contributed by atoms with Gasteiger partial charge in [0.1, 0.15) is 6.54 Å². The highest BCUT2D eigenvalue weighted by atomic mass is 16.5. The first-order valence-corrected chi connectivity index (χ1v) is 7.51. The lowest BCUT2D eigenvalue weighted by Gasteiger charge is -2.31. The Morgan fingerprint density at radius 1 is 1.22 bits per heavy atom. The fraction of sp³-hybridized carbons (Fsp3) is 0.438. The zero-order valence-corrected chi connectivity index (χ0v) is 13.3. The van der Waals surface area contributed by atoms with Gasteiger partial charge in [0.15, 0.2) is 12.6 Å². The maximum atomic E-state index is 12.0. The molecule has 0 aliphatic carbocycles. The summed E-state index contributed by atoms with van der Waals surface area (Å²) in [7, 11) is 2.86. The molecule has 0 radical (unpaired) electrons. The van der Waals surface area contributed by atoms with E-state index in [1.165, 1.54) is 14.2 Å². The van der Waals surface area contributed by atoms with E-state index in [0.717, 1.165) is 16.0 Å². The van der Waals surface area contributed by atoms with E-state index >= 15 is 0 Å². The summed E-state index contributed by atoms with van der Waals surface area (Å²) < 4.78 is 4.88. The third-order valence-electron chi connectivity index (χ3n) is 4.05. The van der Waals surface area contributed by atoms with E-state index in [0.29, 0.717) is 13.0 Å². The molecule has 0 saturated carbocycles. The number of likely N-dealkylation sites (N-methyl/N-ethyl adjacent to an activating group) is 1. The smallest absolute Gasteiger partial charge is 0.365 e. The van der Waals surface area contributed by atoms with E-state index in [4.69, 9.17) is 4.74 Å². The van der Waals surface area contributed by atoms with Gasteiger partial charge in [0.25, 0.3) is 5.91 Å². The number of carbonyl (C=O) groups excluding carboxylic acids is 3. The second-order valence-electron chi connectivity index (χ2n) is 5.51. The van der Waals surface area contributed by atoms with Crippen molar-refractivity contribution in [3.8, 4) is 0 Å². The fourth-order valence-electron chi connectivity index (χ4n) is 2.78. The number of benzene rings is 1. The van der Waals surface area contributed by atoms with Crippen molar-refractivity contribution in [2.45, 2.75) is 19.0 Å². The standard InChI is InChI=1S/C16H21N3O4/c1-17-14(20)8-18-15(21)10-19-9-12-6-4-3-5-11(12)7-13(19)16(22)23-2/h3-6,13H,7-10H2,1-2H3,(H,17,20)(H,18,21)/p+1/t13-/m1/s1. The summed E-state index contributed by atoms with van der Waals surface area (Å²) in [5.41, 5.74) is 2.24. The highest BCUT2D eigenvalue weighted by Crippen LogP contribution is 2.14. The van der Waals surface area contributed by atoms with Crippen LogP contribution < -0.4 is 15.5 Å². The summed E-state index contributed by atoms with van der Waals surface area (Å²) in [6, 6.07) is 7.47. The molecule has 1 unspecified atom stereocenters. The van der Waals surface area contributed by atoms with Crippen molar-refractivity contribution in [3.05, 3.63) is 35.4 Å². The van der Waals surface area contributed by atoms with Crippen molar-refractivity contribution in [2.24, 2.45) is 0 Å². The van der Waals surface area contributed by atoms with Crippen molar-refractivity contribution in [2.75, 3.05) is 27.2 Å². The highest BCUT2D eigenvalue weighted by Gasteiger charge is 2.37. The molecule has 1 aromatic carbocycles. The van der Waals surface area contributed by atoms with Gasteiger partial charge in [0.2, 0.25) is 5.91 Å². The Labute approximate surface area is 135 Å². The molecule has 23 heavy (non-hydrogen) atoms. The molecule has 2 atom stereocenters. The van der Waals surface area contributed by atoms with Gasteiger partial charge < -0.3 is 20.3 Å². The summed E-state index contributed by atoms with van der Waals surface area (Å²) >= 11 is 0. The summed E-state index contributed by atoms with van der Waals surface area (Å²) in [5.74, 6) is -0.854. The van der Waals surface area contributed by atoms with Crippen LogP contribution in [0, 0.1) is 0 Å².